The highest BCUT2D eigenvalue weighted by molar-refractivity contribution is 6.01. The number of aryl methyl sites for hydroxylation is 1. The van der Waals surface area contributed by atoms with Crippen LogP contribution in [-0.2, 0) is 16.0 Å². The Balaban J connectivity index is 1.31. The summed E-state index contributed by atoms with van der Waals surface area (Å²) in [5.74, 6) is -1.08. The van der Waals surface area contributed by atoms with Gasteiger partial charge >= 0.3 is 6.18 Å². The lowest BCUT2D eigenvalue weighted by atomic mass is 9.88. The summed E-state index contributed by atoms with van der Waals surface area (Å²) in [5, 5.41) is 12.4. The smallest absolute Gasteiger partial charge is 0.344 e. The van der Waals surface area contributed by atoms with Crippen molar-refractivity contribution < 1.29 is 27.6 Å². The molecule has 3 N–H and O–H groups in total. The maximum atomic E-state index is 13.7. The van der Waals surface area contributed by atoms with E-state index in [4.69, 9.17) is 0 Å². The quantitative estimate of drug-likeness (QED) is 0.347. The second-order valence-electron chi connectivity index (χ2n) is 12.0. The zero-order chi connectivity index (χ0) is 29.5. The van der Waals surface area contributed by atoms with E-state index >= 15 is 0 Å². The van der Waals surface area contributed by atoms with Gasteiger partial charge in [-0.25, -0.2) is 0 Å². The number of carbonyl (C=O) groups is 3. The van der Waals surface area contributed by atoms with Crippen LogP contribution in [0, 0.1) is 17.8 Å². The van der Waals surface area contributed by atoms with E-state index in [2.05, 4.69) is 21.0 Å². The number of aromatic nitrogens is 2. The number of alkyl halides is 3. The van der Waals surface area contributed by atoms with Gasteiger partial charge < -0.3 is 16.0 Å². The van der Waals surface area contributed by atoms with E-state index in [1.54, 1.807) is 35.1 Å². The normalized spacial score (nSPS) is 20.0. The van der Waals surface area contributed by atoms with E-state index in [1.807, 2.05) is 13.8 Å². The van der Waals surface area contributed by atoms with Crippen LogP contribution in [0.1, 0.15) is 92.9 Å². The van der Waals surface area contributed by atoms with Gasteiger partial charge in [-0.3, -0.25) is 19.1 Å². The average Bonchev–Trinajstić information content (AvgIpc) is 3.84. The Labute approximate surface area is 237 Å². The fraction of sp³-hybridized carbons (Fsp3) is 0.600. The Hall–Kier alpha value is -3.37. The molecule has 5 rings (SSSR count). The van der Waals surface area contributed by atoms with E-state index in [9.17, 15) is 27.6 Å². The fourth-order valence-corrected chi connectivity index (χ4v) is 6.22. The summed E-state index contributed by atoms with van der Waals surface area (Å²) >= 11 is 0. The van der Waals surface area contributed by atoms with Crippen LogP contribution in [-0.4, -0.2) is 45.8 Å². The molecule has 1 heterocycles. The minimum absolute atomic E-state index is 0.0145. The standard InChI is InChI=1S/C30H38F3N5O3/c1-4-24(30(31,32)33)36-27(39)22-11-9-19-15-20(10-12-21(19)22)35-29(41)26(25(17-5-6-17)18-7-8-18)37-28(40)23-13-14-34-38(23)16(2)3/h10,12-18,22,24-26H,4-9,11H2,1-3H3,(H,35,41)(H,36,39)(H,37,40)/t22?,24-,26+/m1/s1. The lowest BCUT2D eigenvalue weighted by molar-refractivity contribution is -0.162. The molecule has 0 bridgehead atoms. The highest BCUT2D eigenvalue weighted by atomic mass is 19.4. The zero-order valence-electron chi connectivity index (χ0n) is 23.6. The number of amides is 3. The number of fused-ring (bicyclic) bond motifs is 1. The molecule has 0 radical (unpaired) electrons. The number of benzene rings is 1. The van der Waals surface area contributed by atoms with Crippen LogP contribution in [0.15, 0.2) is 30.5 Å². The van der Waals surface area contributed by atoms with Crippen molar-refractivity contribution in [3.05, 3.63) is 47.3 Å². The van der Waals surface area contributed by atoms with Crippen LogP contribution < -0.4 is 16.0 Å². The maximum absolute atomic E-state index is 13.7. The maximum Gasteiger partial charge on any atom is 0.408 e. The molecule has 3 amide bonds. The van der Waals surface area contributed by atoms with Crippen LogP contribution >= 0.6 is 0 Å². The van der Waals surface area contributed by atoms with Crippen molar-refractivity contribution in [3.63, 3.8) is 0 Å². The van der Waals surface area contributed by atoms with Gasteiger partial charge in [0.15, 0.2) is 0 Å². The molecule has 2 fully saturated rings. The van der Waals surface area contributed by atoms with Gasteiger partial charge in [0.25, 0.3) is 5.91 Å². The van der Waals surface area contributed by atoms with Crippen LogP contribution in [0.25, 0.3) is 0 Å². The molecular formula is C30H38F3N5O3. The molecule has 3 atom stereocenters. The second-order valence-corrected chi connectivity index (χ2v) is 12.0. The molecule has 2 saturated carbocycles. The predicted molar refractivity (Wildman–Crippen MR) is 147 cm³/mol. The van der Waals surface area contributed by atoms with Gasteiger partial charge in [0.2, 0.25) is 11.8 Å². The summed E-state index contributed by atoms with van der Waals surface area (Å²) in [6, 6.07) is 4.23. The van der Waals surface area contributed by atoms with Crippen LogP contribution in [0.2, 0.25) is 0 Å². The number of hydrogen-bond donors (Lipinski definition) is 3. The number of anilines is 1. The summed E-state index contributed by atoms with van der Waals surface area (Å²) in [6.45, 7) is 5.26. The molecule has 0 saturated heterocycles. The van der Waals surface area contributed by atoms with E-state index in [1.165, 1.54) is 6.92 Å². The van der Waals surface area contributed by atoms with Crippen LogP contribution in [0.5, 0.6) is 0 Å². The molecule has 8 nitrogen and oxygen atoms in total. The summed E-state index contributed by atoms with van der Waals surface area (Å²) in [5.41, 5.74) is 2.44. The SMILES string of the molecule is CC[C@@H](NC(=O)C1CCc2cc(NC(=O)[C@@H](NC(=O)c3ccnn3C(C)C)C(C3CC3)C3CC3)ccc21)C(F)(F)F. The Morgan fingerprint density at radius 1 is 1.02 bits per heavy atom. The summed E-state index contributed by atoms with van der Waals surface area (Å²) in [7, 11) is 0. The number of rotatable bonds is 11. The highest BCUT2D eigenvalue weighted by Gasteiger charge is 2.48. The van der Waals surface area contributed by atoms with Crippen molar-refractivity contribution in [2.24, 2.45) is 17.8 Å². The van der Waals surface area contributed by atoms with Crippen molar-refractivity contribution in [3.8, 4) is 0 Å². The molecule has 3 aliphatic rings. The Morgan fingerprint density at radius 3 is 2.29 bits per heavy atom. The van der Waals surface area contributed by atoms with Crippen molar-refractivity contribution >= 4 is 23.4 Å². The Kier molecular flexibility index (Phi) is 8.16. The molecule has 0 spiro atoms. The molecular weight excluding hydrogens is 535 g/mol. The topological polar surface area (TPSA) is 105 Å². The average molecular weight is 574 g/mol. The predicted octanol–water partition coefficient (Wildman–Crippen LogP) is 5.12. The molecule has 1 aromatic carbocycles. The molecule has 11 heteroatoms. The molecule has 222 valence electrons. The van der Waals surface area contributed by atoms with E-state index in [0.29, 0.717) is 41.6 Å². The Bertz CT molecular complexity index is 1290. The van der Waals surface area contributed by atoms with Crippen LogP contribution in [0.4, 0.5) is 18.9 Å². The molecule has 1 unspecified atom stereocenters. The first-order valence-corrected chi connectivity index (χ1v) is 14.6. The van der Waals surface area contributed by atoms with Crippen molar-refractivity contribution in [1.82, 2.24) is 20.4 Å². The summed E-state index contributed by atoms with van der Waals surface area (Å²) < 4.78 is 41.2. The Morgan fingerprint density at radius 2 is 1.71 bits per heavy atom. The largest absolute Gasteiger partial charge is 0.408 e. The first-order valence-electron chi connectivity index (χ1n) is 14.6. The van der Waals surface area contributed by atoms with Crippen molar-refractivity contribution in [2.75, 3.05) is 5.32 Å². The number of nitrogens with one attached hydrogen (secondary N) is 3. The minimum atomic E-state index is -4.50. The van der Waals surface area contributed by atoms with Crippen LogP contribution in [0.3, 0.4) is 0 Å². The molecule has 41 heavy (non-hydrogen) atoms. The number of carbonyl (C=O) groups excluding carboxylic acids is 3. The molecule has 3 aliphatic carbocycles. The molecule has 2 aromatic rings. The van der Waals surface area contributed by atoms with Gasteiger partial charge in [-0.05, 0) is 106 Å². The van der Waals surface area contributed by atoms with E-state index in [0.717, 1.165) is 31.2 Å². The second kappa shape index (κ2) is 11.5. The monoisotopic (exact) mass is 573 g/mol. The zero-order valence-corrected chi connectivity index (χ0v) is 23.6. The lowest BCUT2D eigenvalue weighted by Crippen LogP contribution is -2.50. The fourth-order valence-electron chi connectivity index (χ4n) is 6.22. The van der Waals surface area contributed by atoms with Gasteiger partial charge in [-0.2, -0.15) is 18.3 Å². The third kappa shape index (κ3) is 6.43. The third-order valence-electron chi connectivity index (χ3n) is 8.60. The molecule has 0 aliphatic heterocycles. The van der Waals surface area contributed by atoms with E-state index in [-0.39, 0.29) is 30.2 Å². The summed E-state index contributed by atoms with van der Waals surface area (Å²) in [4.78, 5) is 39.8. The number of hydrogen-bond acceptors (Lipinski definition) is 4. The lowest BCUT2D eigenvalue weighted by Gasteiger charge is -2.28. The van der Waals surface area contributed by atoms with E-state index < -0.39 is 30.1 Å². The number of halogens is 3. The first-order chi connectivity index (χ1) is 19.5. The van der Waals surface area contributed by atoms with Gasteiger partial charge in [-0.1, -0.05) is 13.0 Å². The van der Waals surface area contributed by atoms with Crippen molar-refractivity contribution in [2.45, 2.75) is 95.9 Å². The number of nitrogens with zero attached hydrogens (tertiary/aromatic N) is 2. The summed E-state index contributed by atoms with van der Waals surface area (Å²) in [6.07, 6.45) is 1.93. The highest BCUT2D eigenvalue weighted by Crippen LogP contribution is 2.51. The third-order valence-corrected chi connectivity index (χ3v) is 8.60. The van der Waals surface area contributed by atoms with Gasteiger partial charge in [0, 0.05) is 17.9 Å². The molecule has 1 aromatic heterocycles. The van der Waals surface area contributed by atoms with Gasteiger partial charge in [-0.15, -0.1) is 0 Å². The van der Waals surface area contributed by atoms with Gasteiger partial charge in [0.1, 0.15) is 17.8 Å². The van der Waals surface area contributed by atoms with Gasteiger partial charge in [0.05, 0.1) is 5.92 Å². The van der Waals surface area contributed by atoms with Crippen molar-refractivity contribution in [1.29, 1.82) is 0 Å². The first kappa shape index (κ1) is 29.1. The minimum Gasteiger partial charge on any atom is -0.344 e.